The van der Waals surface area contributed by atoms with Crippen LogP contribution in [0.25, 0.3) is 0 Å². The molecule has 0 saturated carbocycles. The Balaban J connectivity index is 2.18. The standard InChI is InChI=1S/C15H17FN2O/c1-10-5-3-4-6-11(10)9-18-14-8-15(19-2)12(16)7-13(14)17/h3-8,18H,9,17H2,1-2H3. The van der Waals surface area contributed by atoms with Crippen molar-refractivity contribution in [2.24, 2.45) is 0 Å². The summed E-state index contributed by atoms with van der Waals surface area (Å²) in [5.74, 6) is -0.275. The van der Waals surface area contributed by atoms with E-state index in [0.717, 1.165) is 0 Å². The summed E-state index contributed by atoms with van der Waals surface area (Å²) in [7, 11) is 1.43. The molecule has 100 valence electrons. The quantitative estimate of drug-likeness (QED) is 0.829. The minimum absolute atomic E-state index is 0.182. The van der Waals surface area contributed by atoms with Crippen LogP contribution in [0.2, 0.25) is 0 Å². The number of halogens is 1. The van der Waals surface area contributed by atoms with Crippen molar-refractivity contribution in [1.29, 1.82) is 0 Å². The number of nitrogens with one attached hydrogen (secondary N) is 1. The van der Waals surface area contributed by atoms with Crippen molar-refractivity contribution in [3.05, 3.63) is 53.3 Å². The lowest BCUT2D eigenvalue weighted by atomic mass is 10.1. The Hall–Kier alpha value is -2.23. The smallest absolute Gasteiger partial charge is 0.167 e. The Morgan fingerprint density at radius 2 is 2.00 bits per heavy atom. The van der Waals surface area contributed by atoms with Gasteiger partial charge in [0.25, 0.3) is 0 Å². The molecule has 4 heteroatoms. The highest BCUT2D eigenvalue weighted by atomic mass is 19.1. The first kappa shape index (κ1) is 13.2. The molecule has 0 aliphatic carbocycles. The van der Waals surface area contributed by atoms with Gasteiger partial charge in [-0.3, -0.25) is 0 Å². The molecule has 0 amide bonds. The largest absolute Gasteiger partial charge is 0.494 e. The van der Waals surface area contributed by atoms with Crippen molar-refractivity contribution in [2.45, 2.75) is 13.5 Å². The normalized spacial score (nSPS) is 10.3. The summed E-state index contributed by atoms with van der Waals surface area (Å²) >= 11 is 0. The Labute approximate surface area is 112 Å². The highest BCUT2D eigenvalue weighted by Gasteiger charge is 2.08. The zero-order chi connectivity index (χ0) is 13.8. The summed E-state index contributed by atoms with van der Waals surface area (Å²) in [5.41, 5.74) is 9.19. The third-order valence-electron chi connectivity index (χ3n) is 3.05. The van der Waals surface area contributed by atoms with Gasteiger partial charge < -0.3 is 15.8 Å². The van der Waals surface area contributed by atoms with Crippen molar-refractivity contribution in [1.82, 2.24) is 0 Å². The number of anilines is 2. The molecule has 0 fully saturated rings. The van der Waals surface area contributed by atoms with E-state index in [0.29, 0.717) is 17.9 Å². The number of aryl methyl sites for hydroxylation is 1. The molecular weight excluding hydrogens is 243 g/mol. The Morgan fingerprint density at radius 1 is 1.26 bits per heavy atom. The van der Waals surface area contributed by atoms with Crippen molar-refractivity contribution in [2.75, 3.05) is 18.2 Å². The monoisotopic (exact) mass is 260 g/mol. The predicted octanol–water partition coefficient (Wildman–Crippen LogP) is 3.34. The van der Waals surface area contributed by atoms with Gasteiger partial charge in [0, 0.05) is 18.7 Å². The van der Waals surface area contributed by atoms with Gasteiger partial charge in [-0.1, -0.05) is 24.3 Å². The van der Waals surface area contributed by atoms with E-state index in [-0.39, 0.29) is 5.75 Å². The molecule has 0 saturated heterocycles. The molecule has 2 rings (SSSR count). The number of methoxy groups -OCH3 is 1. The van der Waals surface area contributed by atoms with Crippen molar-refractivity contribution in [3.63, 3.8) is 0 Å². The van der Waals surface area contributed by atoms with Crippen LogP contribution < -0.4 is 15.8 Å². The first-order valence-corrected chi connectivity index (χ1v) is 6.03. The van der Waals surface area contributed by atoms with Crippen LogP contribution in [0.4, 0.5) is 15.8 Å². The fourth-order valence-electron chi connectivity index (χ4n) is 1.88. The maximum Gasteiger partial charge on any atom is 0.167 e. The molecule has 0 bridgehead atoms. The highest BCUT2D eigenvalue weighted by Crippen LogP contribution is 2.28. The maximum absolute atomic E-state index is 13.4. The molecule has 2 aromatic rings. The Kier molecular flexibility index (Phi) is 3.90. The van der Waals surface area contributed by atoms with Gasteiger partial charge in [0.1, 0.15) is 0 Å². The summed E-state index contributed by atoms with van der Waals surface area (Å²) in [4.78, 5) is 0. The average molecular weight is 260 g/mol. The van der Waals surface area contributed by atoms with Gasteiger partial charge in [-0.25, -0.2) is 4.39 Å². The topological polar surface area (TPSA) is 47.3 Å². The molecule has 0 atom stereocenters. The zero-order valence-corrected chi connectivity index (χ0v) is 11.0. The molecule has 0 aromatic heterocycles. The van der Waals surface area contributed by atoms with Crippen LogP contribution >= 0.6 is 0 Å². The van der Waals surface area contributed by atoms with E-state index in [4.69, 9.17) is 10.5 Å². The van der Waals surface area contributed by atoms with Gasteiger partial charge in [-0.2, -0.15) is 0 Å². The summed E-state index contributed by atoms with van der Waals surface area (Å²) in [6.45, 7) is 2.68. The van der Waals surface area contributed by atoms with Gasteiger partial charge in [-0.05, 0) is 18.1 Å². The number of rotatable bonds is 4. The molecule has 0 radical (unpaired) electrons. The molecule has 0 heterocycles. The zero-order valence-electron chi connectivity index (χ0n) is 11.0. The van der Waals surface area contributed by atoms with Crippen molar-refractivity contribution >= 4 is 11.4 Å². The first-order chi connectivity index (χ1) is 9.11. The second-order valence-electron chi connectivity index (χ2n) is 4.35. The summed E-state index contributed by atoms with van der Waals surface area (Å²) in [6, 6.07) is 10.9. The van der Waals surface area contributed by atoms with E-state index in [9.17, 15) is 4.39 Å². The lowest BCUT2D eigenvalue weighted by molar-refractivity contribution is 0.387. The molecule has 0 aliphatic heterocycles. The van der Waals surface area contributed by atoms with Gasteiger partial charge in [0.05, 0.1) is 18.5 Å². The number of nitrogens with two attached hydrogens (primary N) is 1. The second kappa shape index (κ2) is 5.61. The fourth-order valence-corrected chi connectivity index (χ4v) is 1.88. The molecule has 3 N–H and O–H groups in total. The van der Waals surface area contributed by atoms with Gasteiger partial charge in [-0.15, -0.1) is 0 Å². The van der Waals surface area contributed by atoms with E-state index in [1.807, 2.05) is 31.2 Å². The molecule has 2 aromatic carbocycles. The third-order valence-corrected chi connectivity index (χ3v) is 3.05. The third kappa shape index (κ3) is 2.96. The van der Waals surface area contributed by atoms with E-state index in [2.05, 4.69) is 5.32 Å². The predicted molar refractivity (Wildman–Crippen MR) is 75.9 cm³/mol. The maximum atomic E-state index is 13.4. The number of hydrogen-bond donors (Lipinski definition) is 2. The van der Waals surface area contributed by atoms with Crippen molar-refractivity contribution in [3.8, 4) is 5.75 Å². The number of ether oxygens (including phenoxy) is 1. The lowest BCUT2D eigenvalue weighted by Crippen LogP contribution is -2.05. The van der Waals surface area contributed by atoms with E-state index in [1.54, 1.807) is 6.07 Å². The number of benzene rings is 2. The van der Waals surface area contributed by atoms with Gasteiger partial charge in [0.2, 0.25) is 0 Å². The van der Waals surface area contributed by atoms with E-state index >= 15 is 0 Å². The van der Waals surface area contributed by atoms with Crippen LogP contribution in [-0.2, 0) is 6.54 Å². The molecule has 0 unspecified atom stereocenters. The van der Waals surface area contributed by atoms with Crippen LogP contribution in [0.15, 0.2) is 36.4 Å². The van der Waals surface area contributed by atoms with Crippen LogP contribution in [0.5, 0.6) is 5.75 Å². The van der Waals surface area contributed by atoms with E-state index in [1.165, 1.54) is 24.3 Å². The molecule has 3 nitrogen and oxygen atoms in total. The van der Waals surface area contributed by atoms with Gasteiger partial charge >= 0.3 is 0 Å². The number of nitrogen functional groups attached to an aromatic ring is 1. The fraction of sp³-hybridized carbons (Fsp3) is 0.200. The highest BCUT2D eigenvalue weighted by molar-refractivity contribution is 5.68. The molecular formula is C15H17FN2O. The van der Waals surface area contributed by atoms with E-state index < -0.39 is 5.82 Å². The molecule has 0 spiro atoms. The lowest BCUT2D eigenvalue weighted by Gasteiger charge is -2.13. The van der Waals surface area contributed by atoms with Crippen LogP contribution in [-0.4, -0.2) is 7.11 Å². The Morgan fingerprint density at radius 3 is 2.68 bits per heavy atom. The Bertz CT molecular complexity index is 584. The van der Waals surface area contributed by atoms with Crippen LogP contribution in [0.3, 0.4) is 0 Å². The van der Waals surface area contributed by atoms with Crippen molar-refractivity contribution < 1.29 is 9.13 Å². The summed E-state index contributed by atoms with van der Waals surface area (Å²) in [6.07, 6.45) is 0. The molecule has 0 aliphatic rings. The van der Waals surface area contributed by atoms with Crippen LogP contribution in [0.1, 0.15) is 11.1 Å². The summed E-state index contributed by atoms with van der Waals surface area (Å²) < 4.78 is 18.4. The summed E-state index contributed by atoms with van der Waals surface area (Å²) in [5, 5.41) is 3.20. The SMILES string of the molecule is COc1cc(NCc2ccccc2C)c(N)cc1F. The second-order valence-corrected chi connectivity index (χ2v) is 4.35. The first-order valence-electron chi connectivity index (χ1n) is 6.03. The molecule has 19 heavy (non-hydrogen) atoms. The minimum Gasteiger partial charge on any atom is -0.494 e. The minimum atomic E-state index is -0.457. The average Bonchev–Trinajstić information content (AvgIpc) is 2.39. The number of hydrogen-bond acceptors (Lipinski definition) is 3. The van der Waals surface area contributed by atoms with Gasteiger partial charge in [0.15, 0.2) is 11.6 Å². The van der Waals surface area contributed by atoms with Crippen LogP contribution in [0, 0.1) is 12.7 Å².